The zero-order valence-corrected chi connectivity index (χ0v) is 12.4. The van der Waals surface area contributed by atoms with Crippen molar-refractivity contribution in [2.24, 2.45) is 0 Å². The molecule has 1 atom stereocenters. The first-order valence-electron chi connectivity index (χ1n) is 6.38. The number of hydrogen-bond donors (Lipinski definition) is 0. The van der Waals surface area contributed by atoms with Crippen LogP contribution in [0.1, 0.15) is 40.8 Å². The standard InChI is InChI=1S/C14H16FN3OS/c1-4-12-13(20-17-16-12)14(19)18(3)9(2)10-5-7-11(15)8-6-10/h5-9H,4H2,1-3H3. The number of rotatable bonds is 4. The van der Waals surface area contributed by atoms with E-state index in [9.17, 15) is 9.18 Å². The average Bonchev–Trinajstić information content (AvgIpc) is 2.94. The summed E-state index contributed by atoms with van der Waals surface area (Å²) in [5.41, 5.74) is 1.61. The highest BCUT2D eigenvalue weighted by Crippen LogP contribution is 2.23. The number of benzene rings is 1. The van der Waals surface area contributed by atoms with Crippen LogP contribution in [-0.4, -0.2) is 27.4 Å². The maximum absolute atomic E-state index is 12.9. The number of nitrogens with zero attached hydrogens (tertiary/aromatic N) is 3. The highest BCUT2D eigenvalue weighted by Gasteiger charge is 2.23. The topological polar surface area (TPSA) is 46.1 Å². The second-order valence-electron chi connectivity index (χ2n) is 4.55. The summed E-state index contributed by atoms with van der Waals surface area (Å²) in [4.78, 5) is 14.6. The molecular formula is C14H16FN3OS. The largest absolute Gasteiger partial charge is 0.334 e. The Kier molecular flexibility index (Phi) is 4.44. The average molecular weight is 293 g/mol. The van der Waals surface area contributed by atoms with Crippen LogP contribution in [0.25, 0.3) is 0 Å². The molecule has 1 aromatic heterocycles. The molecule has 2 rings (SSSR count). The van der Waals surface area contributed by atoms with Gasteiger partial charge in [-0.3, -0.25) is 4.79 Å². The van der Waals surface area contributed by atoms with Crippen LogP contribution in [0.3, 0.4) is 0 Å². The van der Waals surface area contributed by atoms with Crippen molar-refractivity contribution < 1.29 is 9.18 Å². The molecule has 0 radical (unpaired) electrons. The van der Waals surface area contributed by atoms with E-state index in [-0.39, 0.29) is 17.8 Å². The molecule has 0 aliphatic rings. The van der Waals surface area contributed by atoms with Crippen LogP contribution in [0, 0.1) is 5.82 Å². The Bertz CT molecular complexity index is 597. The summed E-state index contributed by atoms with van der Waals surface area (Å²) < 4.78 is 16.8. The molecule has 0 aliphatic heterocycles. The number of carbonyl (C=O) groups excluding carboxylic acids is 1. The van der Waals surface area contributed by atoms with Gasteiger partial charge in [0.2, 0.25) is 0 Å². The van der Waals surface area contributed by atoms with E-state index in [1.165, 1.54) is 12.1 Å². The summed E-state index contributed by atoms with van der Waals surface area (Å²) in [5, 5.41) is 3.95. The van der Waals surface area contributed by atoms with E-state index in [1.54, 1.807) is 24.1 Å². The SMILES string of the molecule is CCc1nnsc1C(=O)N(C)C(C)c1ccc(F)cc1. The molecule has 106 valence electrons. The van der Waals surface area contributed by atoms with Gasteiger partial charge in [0.1, 0.15) is 10.7 Å². The Balaban J connectivity index is 2.20. The number of aromatic nitrogens is 2. The number of carbonyl (C=O) groups is 1. The lowest BCUT2D eigenvalue weighted by atomic mass is 10.1. The van der Waals surface area contributed by atoms with Gasteiger partial charge in [-0.1, -0.05) is 23.5 Å². The van der Waals surface area contributed by atoms with Gasteiger partial charge in [-0.2, -0.15) is 0 Å². The summed E-state index contributed by atoms with van der Waals surface area (Å²) in [6, 6.07) is 6.03. The van der Waals surface area contributed by atoms with Gasteiger partial charge in [-0.25, -0.2) is 4.39 Å². The first-order valence-corrected chi connectivity index (χ1v) is 7.15. The smallest absolute Gasteiger partial charge is 0.267 e. The van der Waals surface area contributed by atoms with Crippen molar-refractivity contribution in [1.29, 1.82) is 0 Å². The van der Waals surface area contributed by atoms with Crippen LogP contribution in [0.2, 0.25) is 0 Å². The lowest BCUT2D eigenvalue weighted by Crippen LogP contribution is -2.29. The maximum Gasteiger partial charge on any atom is 0.267 e. The molecule has 20 heavy (non-hydrogen) atoms. The highest BCUT2D eigenvalue weighted by molar-refractivity contribution is 7.08. The number of amides is 1. The van der Waals surface area contributed by atoms with Gasteiger partial charge in [0.05, 0.1) is 11.7 Å². The molecule has 0 saturated carbocycles. The van der Waals surface area contributed by atoms with Crippen LogP contribution < -0.4 is 0 Å². The minimum absolute atomic E-state index is 0.103. The van der Waals surface area contributed by atoms with Gasteiger partial charge in [-0.05, 0) is 42.6 Å². The summed E-state index contributed by atoms with van der Waals surface area (Å²) in [7, 11) is 1.73. The Labute approximate surface area is 121 Å². The molecule has 0 spiro atoms. The molecular weight excluding hydrogens is 277 g/mol. The molecule has 0 aliphatic carbocycles. The molecule has 0 fully saturated rings. The number of halogens is 1. The maximum atomic E-state index is 12.9. The van der Waals surface area contributed by atoms with Gasteiger partial charge in [0.25, 0.3) is 5.91 Å². The van der Waals surface area contributed by atoms with E-state index >= 15 is 0 Å². The lowest BCUT2D eigenvalue weighted by molar-refractivity contribution is 0.0746. The van der Waals surface area contributed by atoms with E-state index < -0.39 is 0 Å². The molecule has 4 nitrogen and oxygen atoms in total. The fourth-order valence-corrected chi connectivity index (χ4v) is 2.64. The van der Waals surface area contributed by atoms with E-state index in [0.717, 1.165) is 22.8 Å². The Morgan fingerprint density at radius 2 is 2.05 bits per heavy atom. The summed E-state index contributed by atoms with van der Waals surface area (Å²) in [6.45, 7) is 3.85. The number of aryl methyl sites for hydroxylation is 1. The van der Waals surface area contributed by atoms with Crippen molar-refractivity contribution in [3.8, 4) is 0 Å². The lowest BCUT2D eigenvalue weighted by Gasteiger charge is -2.25. The Hall–Kier alpha value is -1.82. The third kappa shape index (κ3) is 2.85. The van der Waals surface area contributed by atoms with Crippen molar-refractivity contribution in [2.75, 3.05) is 7.05 Å². The first kappa shape index (κ1) is 14.6. The van der Waals surface area contributed by atoms with E-state index in [2.05, 4.69) is 9.59 Å². The summed E-state index contributed by atoms with van der Waals surface area (Å²) >= 11 is 1.11. The predicted octanol–water partition coefficient (Wildman–Crippen LogP) is 3.07. The quantitative estimate of drug-likeness (QED) is 0.870. The third-order valence-corrected chi connectivity index (χ3v) is 4.09. The summed E-state index contributed by atoms with van der Waals surface area (Å²) in [5.74, 6) is -0.386. The van der Waals surface area contributed by atoms with E-state index in [1.807, 2.05) is 13.8 Å². The van der Waals surface area contributed by atoms with Crippen LogP contribution >= 0.6 is 11.5 Å². The molecule has 1 heterocycles. The highest BCUT2D eigenvalue weighted by atomic mass is 32.1. The predicted molar refractivity (Wildman–Crippen MR) is 76.2 cm³/mol. The zero-order chi connectivity index (χ0) is 14.7. The molecule has 2 aromatic rings. The second-order valence-corrected chi connectivity index (χ2v) is 5.30. The van der Waals surface area contributed by atoms with E-state index in [0.29, 0.717) is 11.3 Å². The molecule has 0 bridgehead atoms. The fourth-order valence-electron chi connectivity index (χ4n) is 1.90. The van der Waals surface area contributed by atoms with Gasteiger partial charge in [0, 0.05) is 7.05 Å². The van der Waals surface area contributed by atoms with Crippen molar-refractivity contribution in [3.05, 3.63) is 46.2 Å². The first-order chi connectivity index (χ1) is 9.54. The summed E-state index contributed by atoms with van der Waals surface area (Å²) in [6.07, 6.45) is 0.677. The van der Waals surface area contributed by atoms with Crippen molar-refractivity contribution in [1.82, 2.24) is 14.5 Å². The number of hydrogen-bond acceptors (Lipinski definition) is 4. The van der Waals surface area contributed by atoms with Gasteiger partial charge in [0.15, 0.2) is 0 Å². The van der Waals surface area contributed by atoms with E-state index in [4.69, 9.17) is 0 Å². The molecule has 6 heteroatoms. The Morgan fingerprint density at radius 1 is 1.40 bits per heavy atom. The third-order valence-electron chi connectivity index (χ3n) is 3.34. The van der Waals surface area contributed by atoms with Crippen molar-refractivity contribution in [2.45, 2.75) is 26.3 Å². The molecule has 1 amide bonds. The van der Waals surface area contributed by atoms with Crippen LogP contribution in [0.15, 0.2) is 24.3 Å². The minimum atomic E-state index is -0.283. The molecule has 1 unspecified atom stereocenters. The second kappa shape index (κ2) is 6.09. The van der Waals surface area contributed by atoms with Gasteiger partial charge < -0.3 is 4.90 Å². The van der Waals surface area contributed by atoms with Gasteiger partial charge in [-0.15, -0.1) is 5.10 Å². The molecule has 0 saturated heterocycles. The van der Waals surface area contributed by atoms with Crippen LogP contribution in [0.5, 0.6) is 0 Å². The van der Waals surface area contributed by atoms with Crippen molar-refractivity contribution >= 4 is 17.4 Å². The monoisotopic (exact) mass is 293 g/mol. The fraction of sp³-hybridized carbons (Fsp3) is 0.357. The zero-order valence-electron chi connectivity index (χ0n) is 11.6. The molecule has 1 aromatic carbocycles. The minimum Gasteiger partial charge on any atom is -0.334 e. The van der Waals surface area contributed by atoms with Crippen LogP contribution in [-0.2, 0) is 6.42 Å². The Morgan fingerprint density at radius 3 is 2.65 bits per heavy atom. The normalized spacial score (nSPS) is 12.2. The van der Waals surface area contributed by atoms with Gasteiger partial charge >= 0.3 is 0 Å². The van der Waals surface area contributed by atoms with Crippen molar-refractivity contribution in [3.63, 3.8) is 0 Å². The van der Waals surface area contributed by atoms with Crippen LogP contribution in [0.4, 0.5) is 4.39 Å². The molecule has 0 N–H and O–H groups in total.